The maximum atomic E-state index is 13.1. The summed E-state index contributed by atoms with van der Waals surface area (Å²) in [6.45, 7) is 1.08. The Morgan fingerprint density at radius 3 is 2.44 bits per heavy atom. The molecule has 3 heterocycles. The van der Waals surface area contributed by atoms with E-state index in [2.05, 4.69) is 4.98 Å². The number of amides is 1. The number of aromatic nitrogens is 1. The summed E-state index contributed by atoms with van der Waals surface area (Å²) in [5, 5.41) is 11.2. The molecule has 1 amide bonds. The molecule has 2 aliphatic heterocycles. The number of nitrogens with zero attached hydrogens (tertiary/aromatic N) is 2. The van der Waals surface area contributed by atoms with Gasteiger partial charge in [0.2, 0.25) is 0 Å². The second-order valence-electron chi connectivity index (χ2n) is 7.55. The van der Waals surface area contributed by atoms with Gasteiger partial charge in [-0.05, 0) is 41.5 Å². The molecule has 7 heteroatoms. The third kappa shape index (κ3) is 3.47. The predicted molar refractivity (Wildman–Crippen MR) is 116 cm³/mol. The molecule has 2 aromatic carbocycles. The maximum Gasteiger partial charge on any atom is 0.295 e. The van der Waals surface area contributed by atoms with Gasteiger partial charge in [0.15, 0.2) is 11.5 Å². The van der Waals surface area contributed by atoms with Crippen molar-refractivity contribution in [2.45, 2.75) is 12.6 Å². The molecule has 0 saturated carbocycles. The second kappa shape index (κ2) is 8.19. The summed E-state index contributed by atoms with van der Waals surface area (Å²) in [5.74, 6) is -0.579. The van der Waals surface area contributed by atoms with E-state index in [4.69, 9.17) is 9.47 Å². The Morgan fingerprint density at radius 1 is 0.969 bits per heavy atom. The minimum Gasteiger partial charge on any atom is -0.507 e. The van der Waals surface area contributed by atoms with E-state index in [1.807, 2.05) is 30.3 Å². The highest BCUT2D eigenvalue weighted by Crippen LogP contribution is 2.41. The number of benzene rings is 2. The number of carbonyl (C=O) groups is 2. The Morgan fingerprint density at radius 2 is 1.69 bits per heavy atom. The number of hydrogen-bond acceptors (Lipinski definition) is 6. The van der Waals surface area contributed by atoms with Gasteiger partial charge in [0.25, 0.3) is 11.7 Å². The number of ketones is 1. The van der Waals surface area contributed by atoms with Gasteiger partial charge in [0.05, 0.1) is 11.6 Å². The number of rotatable bonds is 4. The van der Waals surface area contributed by atoms with E-state index >= 15 is 0 Å². The van der Waals surface area contributed by atoms with Gasteiger partial charge in [-0.1, -0.05) is 30.3 Å². The number of carbonyl (C=O) groups excluding carboxylic acids is 2. The van der Waals surface area contributed by atoms with Crippen LogP contribution in [-0.2, 0) is 16.1 Å². The van der Waals surface area contributed by atoms with Gasteiger partial charge in [0.1, 0.15) is 19.0 Å². The molecule has 7 nitrogen and oxygen atoms in total. The number of aliphatic hydroxyl groups is 1. The summed E-state index contributed by atoms with van der Waals surface area (Å²) < 4.78 is 11.1. The lowest BCUT2D eigenvalue weighted by Crippen LogP contribution is -2.29. The van der Waals surface area contributed by atoms with Gasteiger partial charge in [0, 0.05) is 24.5 Å². The molecule has 5 rings (SSSR count). The van der Waals surface area contributed by atoms with E-state index in [-0.39, 0.29) is 17.9 Å². The number of pyridine rings is 1. The molecule has 0 unspecified atom stereocenters. The zero-order chi connectivity index (χ0) is 22.1. The maximum absolute atomic E-state index is 13.1. The molecule has 1 aromatic heterocycles. The third-order valence-corrected chi connectivity index (χ3v) is 5.57. The topological polar surface area (TPSA) is 89.0 Å². The average molecular weight is 428 g/mol. The molecule has 2 aliphatic rings. The summed E-state index contributed by atoms with van der Waals surface area (Å²) in [7, 11) is 0. The summed E-state index contributed by atoms with van der Waals surface area (Å²) in [4.78, 5) is 31.7. The van der Waals surface area contributed by atoms with E-state index in [0.29, 0.717) is 35.8 Å². The molecule has 1 N–H and O–H groups in total. The predicted octanol–water partition coefficient (Wildman–Crippen LogP) is 3.47. The zero-order valence-corrected chi connectivity index (χ0v) is 17.1. The Labute approximate surface area is 184 Å². The van der Waals surface area contributed by atoms with Gasteiger partial charge in [-0.25, -0.2) is 0 Å². The fraction of sp³-hybridized carbons (Fsp3) is 0.160. The Hall–Kier alpha value is -4.13. The third-order valence-electron chi connectivity index (χ3n) is 5.57. The Bertz CT molecular complexity index is 1210. The molecule has 1 atom stereocenters. The van der Waals surface area contributed by atoms with Crippen LogP contribution in [0, 0.1) is 0 Å². The minimum absolute atomic E-state index is 0.0359. The largest absolute Gasteiger partial charge is 0.507 e. The average Bonchev–Trinajstić information content (AvgIpc) is 3.09. The quantitative estimate of drug-likeness (QED) is 0.389. The number of Topliss-reactive ketones (excluding diaryl/α,β-unsaturated/α-hetero) is 1. The van der Waals surface area contributed by atoms with Crippen molar-refractivity contribution in [3.8, 4) is 11.5 Å². The SMILES string of the molecule is O=C1C(=O)N(Cc2ccccc2)[C@@H](c2ccncc2)C1=C(O)c1ccc2c(c1)OCCO2. The molecular formula is C25H20N2O5. The molecule has 1 fully saturated rings. The van der Waals surface area contributed by atoms with Crippen LogP contribution in [0.25, 0.3) is 5.76 Å². The van der Waals surface area contributed by atoms with Crippen LogP contribution < -0.4 is 9.47 Å². The molecule has 0 bridgehead atoms. The van der Waals surface area contributed by atoms with E-state index in [0.717, 1.165) is 5.56 Å². The van der Waals surface area contributed by atoms with E-state index < -0.39 is 17.7 Å². The number of aliphatic hydroxyl groups excluding tert-OH is 1. The fourth-order valence-electron chi connectivity index (χ4n) is 4.06. The van der Waals surface area contributed by atoms with Crippen molar-refractivity contribution >= 4 is 17.4 Å². The van der Waals surface area contributed by atoms with Gasteiger partial charge < -0.3 is 19.5 Å². The lowest BCUT2D eigenvalue weighted by molar-refractivity contribution is -0.140. The summed E-state index contributed by atoms with van der Waals surface area (Å²) in [6.07, 6.45) is 3.20. The van der Waals surface area contributed by atoms with Crippen LogP contribution in [0.3, 0.4) is 0 Å². The molecule has 32 heavy (non-hydrogen) atoms. The molecule has 0 spiro atoms. The van der Waals surface area contributed by atoms with Crippen LogP contribution >= 0.6 is 0 Å². The first-order chi connectivity index (χ1) is 15.6. The van der Waals surface area contributed by atoms with Crippen molar-refractivity contribution in [3.63, 3.8) is 0 Å². The van der Waals surface area contributed by atoms with Crippen molar-refractivity contribution in [1.29, 1.82) is 0 Å². The monoisotopic (exact) mass is 428 g/mol. The second-order valence-corrected chi connectivity index (χ2v) is 7.55. The highest BCUT2D eigenvalue weighted by molar-refractivity contribution is 6.46. The van der Waals surface area contributed by atoms with Gasteiger partial charge in [-0.15, -0.1) is 0 Å². The van der Waals surface area contributed by atoms with Crippen LogP contribution in [-0.4, -0.2) is 39.9 Å². The Kier molecular flexibility index (Phi) is 5.07. The minimum atomic E-state index is -0.744. The first kappa shape index (κ1) is 19.8. The smallest absolute Gasteiger partial charge is 0.295 e. The number of fused-ring (bicyclic) bond motifs is 1. The van der Waals surface area contributed by atoms with Crippen LogP contribution in [0.2, 0.25) is 0 Å². The van der Waals surface area contributed by atoms with Crippen molar-refractivity contribution in [2.75, 3.05) is 13.2 Å². The number of ether oxygens (including phenoxy) is 2. The normalized spacial score (nSPS) is 19.2. The molecule has 160 valence electrons. The van der Waals surface area contributed by atoms with E-state index in [1.54, 1.807) is 42.7 Å². The highest BCUT2D eigenvalue weighted by atomic mass is 16.6. The summed E-state index contributed by atoms with van der Waals surface area (Å²) >= 11 is 0. The van der Waals surface area contributed by atoms with Crippen LogP contribution in [0.5, 0.6) is 11.5 Å². The molecule has 3 aromatic rings. The highest BCUT2D eigenvalue weighted by Gasteiger charge is 2.46. The fourth-order valence-corrected chi connectivity index (χ4v) is 4.06. The molecule has 0 radical (unpaired) electrons. The first-order valence-electron chi connectivity index (χ1n) is 10.3. The molecule has 1 saturated heterocycles. The first-order valence-corrected chi connectivity index (χ1v) is 10.3. The van der Waals surface area contributed by atoms with E-state index in [1.165, 1.54) is 4.90 Å². The van der Waals surface area contributed by atoms with Gasteiger partial charge >= 0.3 is 0 Å². The lowest BCUT2D eigenvalue weighted by atomic mass is 9.95. The lowest BCUT2D eigenvalue weighted by Gasteiger charge is -2.25. The summed E-state index contributed by atoms with van der Waals surface area (Å²) in [6, 6.07) is 17.1. The van der Waals surface area contributed by atoms with E-state index in [9.17, 15) is 14.7 Å². The van der Waals surface area contributed by atoms with Gasteiger partial charge in [-0.2, -0.15) is 0 Å². The van der Waals surface area contributed by atoms with Crippen molar-refractivity contribution in [3.05, 3.63) is 95.3 Å². The molecular weight excluding hydrogens is 408 g/mol. The zero-order valence-electron chi connectivity index (χ0n) is 17.1. The standard InChI is InChI=1S/C25H20N2O5/c28-23(18-6-7-19-20(14-18)32-13-12-31-19)21-22(17-8-10-26-11-9-17)27(25(30)24(21)29)15-16-4-2-1-3-5-16/h1-11,14,22,28H,12-13,15H2/t22-/m0/s1. The number of likely N-dealkylation sites (tertiary alicyclic amines) is 1. The van der Waals surface area contributed by atoms with Crippen molar-refractivity contribution < 1.29 is 24.2 Å². The summed E-state index contributed by atoms with van der Waals surface area (Å²) in [5.41, 5.74) is 1.99. The molecule has 0 aliphatic carbocycles. The van der Waals surface area contributed by atoms with Crippen LogP contribution in [0.15, 0.2) is 78.6 Å². The van der Waals surface area contributed by atoms with Crippen molar-refractivity contribution in [2.24, 2.45) is 0 Å². The Balaban J connectivity index is 1.62. The van der Waals surface area contributed by atoms with Gasteiger partial charge in [-0.3, -0.25) is 14.6 Å². The van der Waals surface area contributed by atoms with Crippen LogP contribution in [0.1, 0.15) is 22.7 Å². The van der Waals surface area contributed by atoms with Crippen molar-refractivity contribution in [1.82, 2.24) is 9.88 Å². The number of hydrogen-bond donors (Lipinski definition) is 1. The van der Waals surface area contributed by atoms with Crippen LogP contribution in [0.4, 0.5) is 0 Å².